The third-order valence-electron chi connectivity index (χ3n) is 4.05. The van der Waals surface area contributed by atoms with E-state index >= 15 is 0 Å². The molecule has 0 bridgehead atoms. The summed E-state index contributed by atoms with van der Waals surface area (Å²) in [6.07, 6.45) is 0. The van der Waals surface area contributed by atoms with Gasteiger partial charge in [0, 0.05) is 36.6 Å². The van der Waals surface area contributed by atoms with Gasteiger partial charge in [0.25, 0.3) is 11.5 Å². The highest BCUT2D eigenvalue weighted by Gasteiger charge is 2.25. The molecule has 3 rings (SSSR count). The fraction of sp³-hybridized carbons (Fsp3) is 0.375. The Morgan fingerprint density at radius 3 is 2.86 bits per heavy atom. The van der Waals surface area contributed by atoms with E-state index in [0.29, 0.717) is 13.1 Å². The molecular weight excluding hydrogens is 266 g/mol. The molecule has 0 saturated carbocycles. The van der Waals surface area contributed by atoms with Crippen LogP contribution >= 0.6 is 0 Å². The van der Waals surface area contributed by atoms with E-state index in [1.807, 2.05) is 38.1 Å². The highest BCUT2D eigenvalue weighted by Crippen LogP contribution is 2.18. The molecule has 1 amide bonds. The van der Waals surface area contributed by atoms with E-state index in [2.05, 4.69) is 10.3 Å². The number of amides is 1. The molecule has 5 heteroatoms. The van der Waals surface area contributed by atoms with Crippen molar-refractivity contribution < 1.29 is 4.79 Å². The number of aromatic amines is 1. The van der Waals surface area contributed by atoms with Gasteiger partial charge in [0.1, 0.15) is 5.56 Å². The van der Waals surface area contributed by atoms with Crippen LogP contribution in [0.25, 0.3) is 10.9 Å². The Bertz CT molecular complexity index is 751. The number of aryl methyl sites for hydroxylation is 1. The van der Waals surface area contributed by atoms with E-state index in [1.165, 1.54) is 0 Å². The highest BCUT2D eigenvalue weighted by atomic mass is 16.2. The Kier molecular flexibility index (Phi) is 3.51. The molecule has 1 aromatic heterocycles. The molecule has 1 saturated heterocycles. The summed E-state index contributed by atoms with van der Waals surface area (Å²) >= 11 is 0. The largest absolute Gasteiger partial charge is 0.336 e. The van der Waals surface area contributed by atoms with E-state index in [1.54, 1.807) is 4.90 Å². The number of carbonyl (C=O) groups excluding carboxylic acids is 1. The number of piperazine rings is 1. The molecule has 1 aliphatic rings. The first kappa shape index (κ1) is 13.8. The van der Waals surface area contributed by atoms with Gasteiger partial charge in [-0.25, -0.2) is 0 Å². The first-order valence-corrected chi connectivity index (χ1v) is 7.22. The maximum absolute atomic E-state index is 12.7. The predicted molar refractivity (Wildman–Crippen MR) is 82.7 cm³/mol. The van der Waals surface area contributed by atoms with Crippen LogP contribution in [0, 0.1) is 6.92 Å². The van der Waals surface area contributed by atoms with E-state index in [-0.39, 0.29) is 23.1 Å². The summed E-state index contributed by atoms with van der Waals surface area (Å²) in [5.74, 6) is -0.173. The minimum Gasteiger partial charge on any atom is -0.336 e. The fourth-order valence-electron chi connectivity index (χ4n) is 2.94. The number of fused-ring (bicyclic) bond motifs is 1. The highest BCUT2D eigenvalue weighted by molar-refractivity contribution is 5.99. The quantitative estimate of drug-likeness (QED) is 0.829. The van der Waals surface area contributed by atoms with E-state index in [0.717, 1.165) is 23.0 Å². The summed E-state index contributed by atoms with van der Waals surface area (Å²) in [5.41, 5.74) is 1.49. The molecule has 110 valence electrons. The van der Waals surface area contributed by atoms with Crippen LogP contribution in [-0.2, 0) is 0 Å². The van der Waals surface area contributed by atoms with Crippen LogP contribution in [0.2, 0.25) is 0 Å². The second kappa shape index (κ2) is 5.33. The topological polar surface area (TPSA) is 65.2 Å². The van der Waals surface area contributed by atoms with Crippen molar-refractivity contribution in [3.05, 3.63) is 45.7 Å². The van der Waals surface area contributed by atoms with Crippen molar-refractivity contribution in [2.24, 2.45) is 0 Å². The van der Waals surface area contributed by atoms with Gasteiger partial charge in [0.15, 0.2) is 0 Å². The second-order valence-electron chi connectivity index (χ2n) is 5.61. The summed E-state index contributed by atoms with van der Waals surface area (Å²) in [5, 5.41) is 4.22. The van der Waals surface area contributed by atoms with Gasteiger partial charge in [0.2, 0.25) is 0 Å². The van der Waals surface area contributed by atoms with E-state index in [4.69, 9.17) is 0 Å². The van der Waals surface area contributed by atoms with Crippen LogP contribution in [0.3, 0.4) is 0 Å². The summed E-state index contributed by atoms with van der Waals surface area (Å²) in [7, 11) is 0. The van der Waals surface area contributed by atoms with Crippen molar-refractivity contribution in [2.75, 3.05) is 19.6 Å². The van der Waals surface area contributed by atoms with Crippen LogP contribution in [0.5, 0.6) is 0 Å². The third kappa shape index (κ3) is 2.45. The average molecular weight is 285 g/mol. The van der Waals surface area contributed by atoms with Crippen LogP contribution in [0.4, 0.5) is 0 Å². The molecule has 1 aromatic carbocycles. The van der Waals surface area contributed by atoms with Crippen molar-refractivity contribution in [3.63, 3.8) is 0 Å². The van der Waals surface area contributed by atoms with Gasteiger partial charge in [-0.15, -0.1) is 0 Å². The molecule has 1 unspecified atom stereocenters. The van der Waals surface area contributed by atoms with E-state index < -0.39 is 0 Å². The first-order chi connectivity index (χ1) is 10.1. The molecule has 0 aliphatic carbocycles. The smallest absolute Gasteiger partial charge is 0.261 e. The number of nitrogens with zero attached hydrogens (tertiary/aromatic N) is 1. The molecule has 2 heterocycles. The Morgan fingerprint density at radius 2 is 2.10 bits per heavy atom. The lowest BCUT2D eigenvalue weighted by Crippen LogP contribution is -2.52. The number of rotatable bonds is 1. The number of benzene rings is 1. The van der Waals surface area contributed by atoms with Crippen LogP contribution < -0.4 is 10.9 Å². The number of carbonyl (C=O) groups is 1. The minimum atomic E-state index is -0.303. The van der Waals surface area contributed by atoms with Gasteiger partial charge in [0.05, 0.1) is 0 Å². The number of nitrogens with one attached hydrogen (secondary N) is 2. The first-order valence-electron chi connectivity index (χ1n) is 7.22. The van der Waals surface area contributed by atoms with Crippen molar-refractivity contribution in [2.45, 2.75) is 19.9 Å². The zero-order valence-corrected chi connectivity index (χ0v) is 12.3. The SMILES string of the molecule is Cc1c(C(=O)N2CCNC(C)C2)c(=O)[nH]c2ccccc12. The second-order valence-corrected chi connectivity index (χ2v) is 5.61. The normalized spacial score (nSPS) is 19.0. The summed E-state index contributed by atoms with van der Waals surface area (Å²) in [6.45, 7) is 5.91. The lowest BCUT2D eigenvalue weighted by atomic mass is 10.0. The standard InChI is InChI=1S/C16H19N3O2/c1-10-9-19(8-7-17-10)16(21)14-11(2)12-5-3-4-6-13(12)18-15(14)20/h3-6,10,17H,7-9H2,1-2H3,(H,18,20). The van der Waals surface area contributed by atoms with Crippen molar-refractivity contribution >= 4 is 16.8 Å². The van der Waals surface area contributed by atoms with Gasteiger partial charge >= 0.3 is 0 Å². The monoisotopic (exact) mass is 285 g/mol. The third-order valence-corrected chi connectivity index (χ3v) is 4.05. The lowest BCUT2D eigenvalue weighted by Gasteiger charge is -2.32. The van der Waals surface area contributed by atoms with Gasteiger partial charge in [-0.3, -0.25) is 9.59 Å². The number of hydrogen-bond acceptors (Lipinski definition) is 3. The molecule has 21 heavy (non-hydrogen) atoms. The molecule has 0 radical (unpaired) electrons. The Morgan fingerprint density at radius 1 is 1.33 bits per heavy atom. The van der Waals surface area contributed by atoms with Crippen LogP contribution in [-0.4, -0.2) is 41.5 Å². The fourth-order valence-corrected chi connectivity index (χ4v) is 2.94. The van der Waals surface area contributed by atoms with Gasteiger partial charge in [-0.1, -0.05) is 18.2 Å². The number of hydrogen-bond donors (Lipinski definition) is 2. The average Bonchev–Trinajstić information content (AvgIpc) is 2.47. The summed E-state index contributed by atoms with van der Waals surface area (Å²) < 4.78 is 0. The zero-order chi connectivity index (χ0) is 15.0. The molecule has 1 atom stereocenters. The van der Waals surface area contributed by atoms with Gasteiger partial charge in [-0.2, -0.15) is 0 Å². The van der Waals surface area contributed by atoms with Crippen molar-refractivity contribution in [3.8, 4) is 0 Å². The van der Waals surface area contributed by atoms with Gasteiger partial charge < -0.3 is 15.2 Å². The molecule has 1 aliphatic heterocycles. The number of pyridine rings is 1. The Hall–Kier alpha value is -2.14. The molecule has 2 aromatic rings. The molecule has 1 fully saturated rings. The van der Waals surface area contributed by atoms with Gasteiger partial charge in [-0.05, 0) is 25.5 Å². The number of para-hydroxylation sites is 1. The summed E-state index contributed by atoms with van der Waals surface area (Å²) in [6, 6.07) is 7.82. The molecule has 5 nitrogen and oxygen atoms in total. The Balaban J connectivity index is 2.07. The lowest BCUT2D eigenvalue weighted by molar-refractivity contribution is 0.0706. The summed E-state index contributed by atoms with van der Waals surface area (Å²) in [4.78, 5) is 29.6. The minimum absolute atomic E-state index is 0.173. The number of aromatic nitrogens is 1. The molecule has 2 N–H and O–H groups in total. The number of H-pyrrole nitrogens is 1. The molecule has 0 spiro atoms. The maximum Gasteiger partial charge on any atom is 0.261 e. The van der Waals surface area contributed by atoms with Crippen LogP contribution in [0.15, 0.2) is 29.1 Å². The maximum atomic E-state index is 12.7. The van der Waals surface area contributed by atoms with Crippen LogP contribution in [0.1, 0.15) is 22.8 Å². The van der Waals surface area contributed by atoms with E-state index in [9.17, 15) is 9.59 Å². The van der Waals surface area contributed by atoms with Crippen molar-refractivity contribution in [1.82, 2.24) is 15.2 Å². The Labute approximate surface area is 123 Å². The predicted octanol–water partition coefficient (Wildman–Crippen LogP) is 1.27. The molecular formula is C16H19N3O2. The van der Waals surface area contributed by atoms with Crippen molar-refractivity contribution in [1.29, 1.82) is 0 Å². The zero-order valence-electron chi connectivity index (χ0n) is 12.3.